The van der Waals surface area contributed by atoms with Crippen LogP contribution >= 0.6 is 0 Å². The summed E-state index contributed by atoms with van der Waals surface area (Å²) >= 11 is 0. The van der Waals surface area contributed by atoms with Gasteiger partial charge in [0.15, 0.2) is 0 Å². The molecular formula is C15H17N2O2+. The van der Waals surface area contributed by atoms with Crippen LogP contribution in [0.4, 0.5) is 5.69 Å². The molecule has 0 heterocycles. The molecule has 4 heteroatoms. The van der Waals surface area contributed by atoms with Crippen LogP contribution in [-0.4, -0.2) is 4.92 Å². The zero-order valence-corrected chi connectivity index (χ0v) is 10.9. The van der Waals surface area contributed by atoms with Crippen molar-refractivity contribution in [2.75, 3.05) is 0 Å². The average Bonchev–Trinajstić information content (AvgIpc) is 2.41. The smallest absolute Gasteiger partial charge is 0.278 e. The van der Waals surface area contributed by atoms with Gasteiger partial charge in [-0.05, 0) is 13.0 Å². The highest BCUT2D eigenvalue weighted by Gasteiger charge is 2.13. The summed E-state index contributed by atoms with van der Waals surface area (Å²) in [5.41, 5.74) is 3.42. The molecule has 0 aliphatic carbocycles. The molecule has 4 nitrogen and oxygen atoms in total. The fourth-order valence-corrected chi connectivity index (χ4v) is 1.98. The Morgan fingerprint density at radius 1 is 1.05 bits per heavy atom. The van der Waals surface area contributed by atoms with Gasteiger partial charge in [0.1, 0.15) is 13.1 Å². The topological polar surface area (TPSA) is 59.8 Å². The van der Waals surface area contributed by atoms with Crippen LogP contribution in [0.2, 0.25) is 0 Å². The lowest BCUT2D eigenvalue weighted by molar-refractivity contribution is -0.686. The highest BCUT2D eigenvalue weighted by molar-refractivity contribution is 5.38. The molecule has 0 saturated heterocycles. The van der Waals surface area contributed by atoms with Gasteiger partial charge in [-0.2, -0.15) is 0 Å². The molecule has 0 unspecified atom stereocenters. The number of aryl methyl sites for hydroxylation is 1. The quantitative estimate of drug-likeness (QED) is 0.659. The summed E-state index contributed by atoms with van der Waals surface area (Å²) in [5.74, 6) is 0. The van der Waals surface area contributed by atoms with E-state index in [-0.39, 0.29) is 10.6 Å². The van der Waals surface area contributed by atoms with Crippen LogP contribution in [0, 0.1) is 17.0 Å². The SMILES string of the molecule is Cc1ccc(C[NH2+]Cc2ccccc2[N+](=O)[O-])cc1. The van der Waals surface area contributed by atoms with Crippen molar-refractivity contribution < 1.29 is 10.2 Å². The first-order valence-corrected chi connectivity index (χ1v) is 6.26. The van der Waals surface area contributed by atoms with Crippen LogP contribution in [0.3, 0.4) is 0 Å². The Morgan fingerprint density at radius 2 is 1.74 bits per heavy atom. The molecule has 0 amide bonds. The Kier molecular flexibility index (Phi) is 4.26. The number of nitro benzene ring substituents is 1. The second-order valence-corrected chi connectivity index (χ2v) is 4.57. The van der Waals surface area contributed by atoms with Gasteiger partial charge in [0.25, 0.3) is 5.69 Å². The normalized spacial score (nSPS) is 10.4. The van der Waals surface area contributed by atoms with Crippen LogP contribution in [0.5, 0.6) is 0 Å². The van der Waals surface area contributed by atoms with E-state index >= 15 is 0 Å². The van der Waals surface area contributed by atoms with E-state index in [1.807, 2.05) is 12.1 Å². The summed E-state index contributed by atoms with van der Waals surface area (Å²) in [4.78, 5) is 10.6. The third-order valence-electron chi connectivity index (χ3n) is 3.05. The van der Waals surface area contributed by atoms with E-state index < -0.39 is 0 Å². The lowest BCUT2D eigenvalue weighted by Crippen LogP contribution is -2.80. The second-order valence-electron chi connectivity index (χ2n) is 4.57. The Hall–Kier alpha value is -2.20. The summed E-state index contributed by atoms with van der Waals surface area (Å²) in [5, 5.41) is 13.0. The summed E-state index contributed by atoms with van der Waals surface area (Å²) in [6, 6.07) is 15.2. The predicted molar refractivity (Wildman–Crippen MR) is 73.6 cm³/mol. The molecule has 0 aliphatic heterocycles. The van der Waals surface area contributed by atoms with Crippen molar-refractivity contribution in [1.82, 2.24) is 0 Å². The molecule has 0 saturated carbocycles. The number of nitrogens with zero attached hydrogens (tertiary/aromatic N) is 1. The fourth-order valence-electron chi connectivity index (χ4n) is 1.98. The number of hydrogen-bond acceptors (Lipinski definition) is 2. The highest BCUT2D eigenvalue weighted by atomic mass is 16.6. The number of nitrogens with two attached hydrogens (primary N) is 1. The molecule has 0 atom stereocenters. The van der Waals surface area contributed by atoms with E-state index in [1.165, 1.54) is 11.1 Å². The number of benzene rings is 2. The fraction of sp³-hybridized carbons (Fsp3) is 0.200. The number of nitro groups is 1. The van der Waals surface area contributed by atoms with Gasteiger partial charge in [-0.25, -0.2) is 0 Å². The van der Waals surface area contributed by atoms with Gasteiger partial charge in [0, 0.05) is 11.6 Å². The Bertz CT molecular complexity index is 565. The monoisotopic (exact) mass is 257 g/mol. The number of para-hydroxylation sites is 1. The maximum atomic E-state index is 10.9. The lowest BCUT2D eigenvalue weighted by atomic mass is 10.1. The number of rotatable bonds is 5. The van der Waals surface area contributed by atoms with Crippen molar-refractivity contribution in [2.45, 2.75) is 20.0 Å². The van der Waals surface area contributed by atoms with Gasteiger partial charge >= 0.3 is 0 Å². The Balaban J connectivity index is 1.96. The number of hydrogen-bond donors (Lipinski definition) is 1. The summed E-state index contributed by atoms with van der Waals surface area (Å²) in [6.45, 7) is 3.50. The van der Waals surface area contributed by atoms with Crippen molar-refractivity contribution in [3.63, 3.8) is 0 Å². The molecule has 98 valence electrons. The van der Waals surface area contributed by atoms with Gasteiger partial charge in [-0.15, -0.1) is 0 Å². The molecule has 19 heavy (non-hydrogen) atoms. The van der Waals surface area contributed by atoms with Crippen molar-refractivity contribution in [2.24, 2.45) is 0 Å². The van der Waals surface area contributed by atoms with Crippen LogP contribution < -0.4 is 5.32 Å². The zero-order valence-electron chi connectivity index (χ0n) is 10.9. The third kappa shape index (κ3) is 3.63. The highest BCUT2D eigenvalue weighted by Crippen LogP contribution is 2.16. The van der Waals surface area contributed by atoms with Crippen molar-refractivity contribution >= 4 is 5.69 Å². The first-order valence-electron chi connectivity index (χ1n) is 6.26. The second kappa shape index (κ2) is 6.11. The van der Waals surface area contributed by atoms with E-state index in [2.05, 4.69) is 36.5 Å². The molecule has 2 aromatic carbocycles. The van der Waals surface area contributed by atoms with Crippen LogP contribution in [0.25, 0.3) is 0 Å². The van der Waals surface area contributed by atoms with E-state index in [1.54, 1.807) is 12.1 Å². The Labute approximate surface area is 112 Å². The largest absolute Gasteiger partial charge is 0.339 e. The molecule has 0 spiro atoms. The minimum absolute atomic E-state index is 0.197. The Morgan fingerprint density at radius 3 is 2.42 bits per heavy atom. The van der Waals surface area contributed by atoms with Crippen LogP contribution in [-0.2, 0) is 13.1 Å². The van der Waals surface area contributed by atoms with E-state index in [0.717, 1.165) is 12.1 Å². The maximum Gasteiger partial charge on any atom is 0.278 e. The van der Waals surface area contributed by atoms with Gasteiger partial charge in [-0.1, -0.05) is 42.0 Å². The third-order valence-corrected chi connectivity index (χ3v) is 3.05. The standard InChI is InChI=1S/C15H16N2O2/c1-12-6-8-13(9-7-12)10-16-11-14-4-2-3-5-15(14)17(18)19/h2-9,16H,10-11H2,1H3/p+1. The van der Waals surface area contributed by atoms with E-state index in [4.69, 9.17) is 0 Å². The van der Waals surface area contributed by atoms with Crippen molar-refractivity contribution in [3.05, 3.63) is 75.3 Å². The van der Waals surface area contributed by atoms with Gasteiger partial charge < -0.3 is 5.32 Å². The van der Waals surface area contributed by atoms with Crippen molar-refractivity contribution in [3.8, 4) is 0 Å². The summed E-state index contributed by atoms with van der Waals surface area (Å²) in [6.07, 6.45) is 0. The first kappa shape index (κ1) is 13.2. The molecule has 0 bridgehead atoms. The van der Waals surface area contributed by atoms with E-state index in [0.29, 0.717) is 6.54 Å². The zero-order chi connectivity index (χ0) is 13.7. The first-order chi connectivity index (χ1) is 9.16. The molecule has 2 N–H and O–H groups in total. The number of quaternary nitrogens is 1. The molecule has 2 rings (SSSR count). The average molecular weight is 257 g/mol. The van der Waals surface area contributed by atoms with Gasteiger partial charge in [0.2, 0.25) is 0 Å². The van der Waals surface area contributed by atoms with E-state index in [9.17, 15) is 10.1 Å². The minimum Gasteiger partial charge on any atom is -0.339 e. The lowest BCUT2D eigenvalue weighted by Gasteiger charge is -2.03. The molecule has 0 aromatic heterocycles. The molecule has 0 fully saturated rings. The molecular weight excluding hydrogens is 240 g/mol. The summed E-state index contributed by atoms with van der Waals surface area (Å²) < 4.78 is 0. The molecule has 2 aromatic rings. The minimum atomic E-state index is -0.324. The summed E-state index contributed by atoms with van der Waals surface area (Å²) in [7, 11) is 0. The molecule has 0 radical (unpaired) electrons. The van der Waals surface area contributed by atoms with Gasteiger partial charge in [-0.3, -0.25) is 10.1 Å². The molecule has 0 aliphatic rings. The maximum absolute atomic E-state index is 10.9. The van der Waals surface area contributed by atoms with Crippen LogP contribution in [0.1, 0.15) is 16.7 Å². The van der Waals surface area contributed by atoms with Gasteiger partial charge in [0.05, 0.1) is 10.5 Å². The van der Waals surface area contributed by atoms with Crippen molar-refractivity contribution in [1.29, 1.82) is 0 Å². The predicted octanol–water partition coefficient (Wildman–Crippen LogP) is 2.17. The van der Waals surface area contributed by atoms with Crippen LogP contribution in [0.15, 0.2) is 48.5 Å².